The van der Waals surface area contributed by atoms with Crippen molar-refractivity contribution in [3.05, 3.63) is 35.3 Å². The third-order valence-corrected chi connectivity index (χ3v) is 8.93. The molecule has 3 saturated heterocycles. The number of halogens is 1. The highest BCUT2D eigenvalue weighted by Crippen LogP contribution is 2.30. The molecule has 264 valence electrons. The molecule has 0 unspecified atom stereocenters. The van der Waals surface area contributed by atoms with Crippen molar-refractivity contribution in [1.29, 1.82) is 0 Å². The summed E-state index contributed by atoms with van der Waals surface area (Å²) in [4.78, 5) is 87.4. The summed E-state index contributed by atoms with van der Waals surface area (Å²) in [5, 5.41) is 11.9. The predicted molar refractivity (Wildman–Crippen MR) is 171 cm³/mol. The zero-order chi connectivity index (χ0) is 35.2. The summed E-state index contributed by atoms with van der Waals surface area (Å²) in [5.41, 5.74) is 0.254. The normalized spacial score (nSPS) is 18.4. The van der Waals surface area contributed by atoms with Gasteiger partial charge in [0.05, 0.1) is 23.9 Å². The van der Waals surface area contributed by atoms with Crippen LogP contribution in [0, 0.1) is 12.7 Å². The van der Waals surface area contributed by atoms with Gasteiger partial charge in [-0.25, -0.2) is 14.2 Å². The molecule has 15 nitrogen and oxygen atoms in total. The Morgan fingerprint density at radius 3 is 2.33 bits per heavy atom. The van der Waals surface area contributed by atoms with Crippen molar-refractivity contribution in [2.24, 2.45) is 0 Å². The number of nitrogens with zero attached hydrogens (tertiary/aromatic N) is 5. The quantitative estimate of drug-likeness (QED) is 0.373. The fraction of sp³-hybridized carbons (Fsp3) is 0.545. The molecule has 3 aliphatic rings. The fourth-order valence-corrected chi connectivity index (χ4v) is 6.49. The number of carbonyl (C=O) groups excluding carboxylic acids is 5. The van der Waals surface area contributed by atoms with Crippen LogP contribution >= 0.6 is 0 Å². The number of hydrogen-bond donors (Lipinski definition) is 2. The second-order valence-corrected chi connectivity index (χ2v) is 12.3. The summed E-state index contributed by atoms with van der Waals surface area (Å²) >= 11 is 0. The average Bonchev–Trinajstić information content (AvgIpc) is 3.79. The van der Waals surface area contributed by atoms with Gasteiger partial charge >= 0.3 is 12.1 Å². The van der Waals surface area contributed by atoms with Crippen LogP contribution in [-0.2, 0) is 23.9 Å². The van der Waals surface area contributed by atoms with E-state index in [1.165, 1.54) is 26.8 Å². The lowest BCUT2D eigenvalue weighted by molar-refractivity contribution is -0.144. The molecule has 4 heterocycles. The summed E-state index contributed by atoms with van der Waals surface area (Å²) in [6, 6.07) is 1.85. The number of pyridine rings is 1. The molecule has 1 aromatic carbocycles. The number of amides is 5. The lowest BCUT2D eigenvalue weighted by Gasteiger charge is -2.35. The van der Waals surface area contributed by atoms with Crippen molar-refractivity contribution in [3.63, 3.8) is 0 Å². The number of fused-ring (bicyclic) bond motifs is 1. The highest BCUT2D eigenvalue weighted by atomic mass is 19.1. The van der Waals surface area contributed by atoms with Gasteiger partial charge in [-0.1, -0.05) is 0 Å². The number of aromatic nitrogens is 1. The van der Waals surface area contributed by atoms with E-state index in [0.717, 1.165) is 18.9 Å². The van der Waals surface area contributed by atoms with Gasteiger partial charge in [0.15, 0.2) is 6.61 Å². The zero-order valence-corrected chi connectivity index (χ0v) is 27.6. The number of ether oxygens (including phenoxy) is 2. The molecule has 2 aromatic rings. The van der Waals surface area contributed by atoms with Crippen LogP contribution in [0.25, 0.3) is 10.9 Å². The maximum atomic E-state index is 15.3. The fourth-order valence-electron chi connectivity index (χ4n) is 6.49. The SMILES string of the molecule is CCOC(=O)N1CCN(C(=O)[C@H](CC(=O)O)NC(=O)c2cc(OCC(=O)N3CCC[C@H]3C(=O)N3CCCC3)c3c(F)cc(C)cc3n2)CC1. The Morgan fingerprint density at radius 2 is 1.65 bits per heavy atom. The van der Waals surface area contributed by atoms with Gasteiger partial charge in [-0.05, 0) is 57.2 Å². The van der Waals surface area contributed by atoms with Crippen LogP contribution in [0.15, 0.2) is 18.2 Å². The molecule has 0 radical (unpaired) electrons. The van der Waals surface area contributed by atoms with E-state index in [9.17, 15) is 33.9 Å². The maximum absolute atomic E-state index is 15.3. The minimum absolute atomic E-state index is 0.0482. The number of benzene rings is 1. The molecule has 3 aliphatic heterocycles. The van der Waals surface area contributed by atoms with E-state index >= 15 is 4.39 Å². The smallest absolute Gasteiger partial charge is 0.409 e. The summed E-state index contributed by atoms with van der Waals surface area (Å²) in [5.74, 6) is -4.31. The Morgan fingerprint density at radius 1 is 0.959 bits per heavy atom. The maximum Gasteiger partial charge on any atom is 0.409 e. The second-order valence-electron chi connectivity index (χ2n) is 12.3. The Bertz CT molecular complexity index is 1620. The van der Waals surface area contributed by atoms with Crippen molar-refractivity contribution in [2.45, 2.75) is 58.0 Å². The number of piperazine rings is 1. The minimum Gasteiger partial charge on any atom is -0.483 e. The highest BCUT2D eigenvalue weighted by Gasteiger charge is 2.38. The van der Waals surface area contributed by atoms with Crippen molar-refractivity contribution in [1.82, 2.24) is 29.9 Å². The minimum atomic E-state index is -1.47. The molecule has 5 rings (SSSR count). The van der Waals surface area contributed by atoms with E-state index in [1.807, 2.05) is 0 Å². The summed E-state index contributed by atoms with van der Waals surface area (Å²) < 4.78 is 26.1. The van der Waals surface area contributed by atoms with Crippen molar-refractivity contribution in [3.8, 4) is 5.75 Å². The van der Waals surface area contributed by atoms with Crippen LogP contribution in [0.3, 0.4) is 0 Å². The number of aliphatic carboxylic acids is 1. The Balaban J connectivity index is 1.33. The van der Waals surface area contributed by atoms with Gasteiger partial charge < -0.3 is 39.5 Å². The molecule has 49 heavy (non-hydrogen) atoms. The highest BCUT2D eigenvalue weighted by molar-refractivity contribution is 6.00. The van der Waals surface area contributed by atoms with Crippen LogP contribution in [0.2, 0.25) is 0 Å². The molecule has 0 bridgehead atoms. The number of rotatable bonds is 10. The first-order chi connectivity index (χ1) is 23.5. The Hall–Kier alpha value is -5.02. The molecule has 2 atom stereocenters. The molecule has 5 amide bonds. The molecular formula is C33H41FN6O9. The third kappa shape index (κ3) is 8.17. The van der Waals surface area contributed by atoms with Gasteiger partial charge in [-0.3, -0.25) is 24.0 Å². The number of aryl methyl sites for hydroxylation is 1. The number of carbonyl (C=O) groups is 6. The van der Waals surface area contributed by atoms with Crippen LogP contribution in [0.4, 0.5) is 9.18 Å². The number of likely N-dealkylation sites (tertiary alicyclic amines) is 2. The van der Waals surface area contributed by atoms with Gasteiger partial charge in [-0.15, -0.1) is 0 Å². The molecule has 1 aromatic heterocycles. The summed E-state index contributed by atoms with van der Waals surface area (Å²) in [6.07, 6.45) is 1.79. The van der Waals surface area contributed by atoms with Crippen LogP contribution < -0.4 is 10.1 Å². The average molecular weight is 685 g/mol. The van der Waals surface area contributed by atoms with Gasteiger partial charge in [0.1, 0.15) is 29.3 Å². The first kappa shape index (κ1) is 35.3. The number of hydrogen-bond acceptors (Lipinski definition) is 9. The van der Waals surface area contributed by atoms with Crippen LogP contribution in [0.1, 0.15) is 55.1 Å². The van der Waals surface area contributed by atoms with E-state index in [4.69, 9.17) is 9.47 Å². The number of carboxylic acids is 1. The number of carboxylic acid groups (broad SMARTS) is 1. The van der Waals surface area contributed by atoms with E-state index in [2.05, 4.69) is 10.3 Å². The van der Waals surface area contributed by atoms with E-state index in [1.54, 1.807) is 18.7 Å². The molecule has 0 spiro atoms. The summed E-state index contributed by atoms with van der Waals surface area (Å²) in [7, 11) is 0. The van der Waals surface area contributed by atoms with Crippen molar-refractivity contribution < 1.29 is 47.7 Å². The van der Waals surface area contributed by atoms with E-state index in [0.29, 0.717) is 38.0 Å². The molecule has 3 fully saturated rings. The molecular weight excluding hydrogens is 643 g/mol. The second kappa shape index (κ2) is 15.5. The van der Waals surface area contributed by atoms with Crippen LogP contribution in [-0.4, -0.2) is 136 Å². The standard InChI is InChI=1S/C33H41FN6O9/c1-3-48-33(47)39-13-11-38(12-14-39)31(45)24(18-28(42)43)36-30(44)23-17-26(29-21(34)15-20(2)16-22(29)35-23)49-19-27(41)40-10-6-7-25(40)32(46)37-8-4-5-9-37/h15-17,24-25H,3-14,18-19H2,1-2H3,(H,36,44)(H,42,43)/t24-,25-/m0/s1. The Kier molecular flexibility index (Phi) is 11.1. The third-order valence-electron chi connectivity index (χ3n) is 8.93. The lowest BCUT2D eigenvalue weighted by Crippen LogP contribution is -2.56. The van der Waals surface area contributed by atoms with Gasteiger partial charge in [0.25, 0.3) is 11.8 Å². The van der Waals surface area contributed by atoms with Gasteiger partial charge in [0.2, 0.25) is 11.8 Å². The summed E-state index contributed by atoms with van der Waals surface area (Å²) in [6.45, 7) is 5.20. The van der Waals surface area contributed by atoms with Crippen molar-refractivity contribution >= 4 is 46.6 Å². The first-order valence-electron chi connectivity index (χ1n) is 16.5. The first-order valence-corrected chi connectivity index (χ1v) is 16.5. The topological polar surface area (TPSA) is 179 Å². The predicted octanol–water partition coefficient (Wildman–Crippen LogP) is 1.55. The van der Waals surface area contributed by atoms with E-state index in [-0.39, 0.29) is 61.0 Å². The largest absolute Gasteiger partial charge is 0.483 e. The van der Waals surface area contributed by atoms with E-state index < -0.39 is 60.7 Å². The van der Waals surface area contributed by atoms with Gasteiger partial charge in [0, 0.05) is 51.9 Å². The lowest BCUT2D eigenvalue weighted by atomic mass is 10.1. The molecule has 2 N–H and O–H groups in total. The van der Waals surface area contributed by atoms with Gasteiger partial charge in [-0.2, -0.15) is 0 Å². The molecule has 0 saturated carbocycles. The number of nitrogens with one attached hydrogen (secondary N) is 1. The van der Waals surface area contributed by atoms with Crippen molar-refractivity contribution in [2.75, 3.05) is 59.0 Å². The molecule has 0 aliphatic carbocycles. The zero-order valence-electron chi connectivity index (χ0n) is 27.6. The van der Waals surface area contributed by atoms with Crippen LogP contribution in [0.5, 0.6) is 5.75 Å². The monoisotopic (exact) mass is 684 g/mol. The Labute approximate surface area is 282 Å². The molecule has 16 heteroatoms.